The van der Waals surface area contributed by atoms with Crippen molar-refractivity contribution in [3.05, 3.63) is 34.4 Å². The van der Waals surface area contributed by atoms with E-state index in [1.54, 1.807) is 20.8 Å². The van der Waals surface area contributed by atoms with Crippen molar-refractivity contribution in [3.63, 3.8) is 0 Å². The van der Waals surface area contributed by atoms with E-state index >= 15 is 0 Å². The molecule has 0 fully saturated rings. The Hall–Kier alpha value is -2.57. The van der Waals surface area contributed by atoms with E-state index < -0.39 is 62.1 Å². The van der Waals surface area contributed by atoms with Crippen LogP contribution in [0.5, 0.6) is 0 Å². The van der Waals surface area contributed by atoms with Crippen LogP contribution in [0, 0.1) is 10.1 Å². The van der Waals surface area contributed by atoms with Gasteiger partial charge in [0.15, 0.2) is 10.7 Å². The average Bonchev–Trinajstić information content (AvgIpc) is 2.56. The first-order valence-corrected chi connectivity index (χ1v) is 9.25. The number of nitro groups is 1. The number of para-hydroxylation sites is 1. The maximum absolute atomic E-state index is 12.4. The molecule has 27 heavy (non-hydrogen) atoms. The number of carbonyl (C=O) groups is 2. The van der Waals surface area contributed by atoms with Gasteiger partial charge in [0.1, 0.15) is 11.6 Å². The van der Waals surface area contributed by atoms with Gasteiger partial charge in [0, 0.05) is 12.6 Å². The molecule has 12 heteroatoms. The number of nitrogens with one attached hydrogen (secondary N) is 3. The molecule has 1 aromatic carbocycles. The van der Waals surface area contributed by atoms with Crippen molar-refractivity contribution < 1.29 is 27.7 Å². The lowest BCUT2D eigenvalue weighted by atomic mass is 10.2. The molecule has 149 valence electrons. The molecule has 0 saturated carbocycles. The summed E-state index contributed by atoms with van der Waals surface area (Å²) in [6, 6.07) is 3.33. The highest BCUT2D eigenvalue weighted by molar-refractivity contribution is 7.89. The molecule has 1 radical (unpaired) electrons. The number of nitro benzene ring substituents is 1. The molecule has 3 N–H and O–H groups in total. The molecule has 0 aliphatic heterocycles. The number of hydrogen-bond donors (Lipinski definition) is 2. The highest BCUT2D eigenvalue weighted by atomic mass is 32.2. The van der Waals surface area contributed by atoms with Crippen LogP contribution >= 0.6 is 0 Å². The predicted octanol–water partition coefficient (Wildman–Crippen LogP) is 0.618. The van der Waals surface area contributed by atoms with Crippen molar-refractivity contribution in [2.75, 3.05) is 13.1 Å². The van der Waals surface area contributed by atoms with Crippen molar-refractivity contribution in [3.8, 4) is 0 Å². The van der Waals surface area contributed by atoms with E-state index in [-0.39, 0.29) is 0 Å². The molecule has 0 bridgehead atoms. The van der Waals surface area contributed by atoms with E-state index in [1.807, 2.05) is 4.72 Å². The lowest BCUT2D eigenvalue weighted by Gasteiger charge is -2.23. The van der Waals surface area contributed by atoms with Gasteiger partial charge in [0.25, 0.3) is 5.69 Å². The molecular weight excluding hydrogens is 380 g/mol. The van der Waals surface area contributed by atoms with Gasteiger partial charge in [-0.1, -0.05) is 12.1 Å². The Morgan fingerprint density at radius 1 is 1.30 bits per heavy atom. The molecule has 0 heterocycles. The number of hydrogen-bond acceptors (Lipinski definition) is 7. The summed E-state index contributed by atoms with van der Waals surface area (Å²) in [6.45, 7) is 3.51. The minimum Gasteiger partial charge on any atom is -0.444 e. The number of Topliss-reactive ketones (excluding diaryl/α,β-unsaturated/α-hetero) is 1. The van der Waals surface area contributed by atoms with E-state index in [0.29, 0.717) is 0 Å². The Balaban J connectivity index is 2.96. The zero-order valence-corrected chi connectivity index (χ0v) is 15.8. The van der Waals surface area contributed by atoms with Gasteiger partial charge in [0.2, 0.25) is 10.0 Å². The van der Waals surface area contributed by atoms with Gasteiger partial charge in [0.05, 0.1) is 11.5 Å². The summed E-state index contributed by atoms with van der Waals surface area (Å²) < 4.78 is 31.8. The van der Waals surface area contributed by atoms with E-state index in [9.17, 15) is 28.1 Å². The second kappa shape index (κ2) is 8.88. The minimum absolute atomic E-state index is 0.579. The van der Waals surface area contributed by atoms with Gasteiger partial charge in [-0.25, -0.2) is 23.7 Å². The number of nitrogens with zero attached hydrogens (tertiary/aromatic N) is 1. The summed E-state index contributed by atoms with van der Waals surface area (Å²) >= 11 is 0. The fraction of sp³-hybridized carbons (Fsp3) is 0.467. The SMILES string of the molecule is CC(C)(C)OC(=O)N[C@@H](CNS(=O)(=O)c1ccccc1[N+](=O)[O-])C(=O)C[NH]. The van der Waals surface area contributed by atoms with E-state index in [0.717, 1.165) is 12.1 Å². The Kier molecular flexibility index (Phi) is 7.39. The topological polar surface area (TPSA) is 169 Å². The highest BCUT2D eigenvalue weighted by Crippen LogP contribution is 2.22. The molecule has 1 amide bonds. The van der Waals surface area contributed by atoms with Gasteiger partial charge in [-0.15, -0.1) is 0 Å². The second-order valence-corrected chi connectivity index (χ2v) is 8.15. The first-order valence-electron chi connectivity index (χ1n) is 7.77. The Bertz CT molecular complexity index is 818. The summed E-state index contributed by atoms with van der Waals surface area (Å²) in [5.41, 5.74) is 5.67. The fourth-order valence-corrected chi connectivity index (χ4v) is 3.14. The molecule has 1 aromatic rings. The molecule has 0 saturated heterocycles. The largest absolute Gasteiger partial charge is 0.444 e. The number of rotatable bonds is 8. The number of carbonyl (C=O) groups excluding carboxylic acids is 2. The van der Waals surface area contributed by atoms with Crippen molar-refractivity contribution in [1.82, 2.24) is 15.8 Å². The molecule has 0 aromatic heterocycles. The van der Waals surface area contributed by atoms with Crippen molar-refractivity contribution >= 4 is 27.6 Å². The monoisotopic (exact) mass is 401 g/mol. The third kappa shape index (κ3) is 6.92. The Morgan fingerprint density at radius 2 is 1.89 bits per heavy atom. The number of sulfonamides is 1. The first kappa shape index (κ1) is 22.5. The van der Waals surface area contributed by atoms with Gasteiger partial charge < -0.3 is 10.1 Å². The number of alkyl carbamates (subject to hydrolysis) is 1. The van der Waals surface area contributed by atoms with Crippen LogP contribution < -0.4 is 15.8 Å². The zero-order valence-electron chi connectivity index (χ0n) is 15.0. The lowest BCUT2D eigenvalue weighted by molar-refractivity contribution is -0.387. The van der Waals surface area contributed by atoms with Gasteiger partial charge >= 0.3 is 6.09 Å². The smallest absolute Gasteiger partial charge is 0.408 e. The van der Waals surface area contributed by atoms with Crippen LogP contribution in [0.2, 0.25) is 0 Å². The van der Waals surface area contributed by atoms with Gasteiger partial charge in [-0.2, -0.15) is 0 Å². The Labute approximate surface area is 156 Å². The summed E-state index contributed by atoms with van der Waals surface area (Å²) in [5, 5.41) is 13.2. The summed E-state index contributed by atoms with van der Waals surface area (Å²) in [6.07, 6.45) is -0.959. The average molecular weight is 401 g/mol. The summed E-state index contributed by atoms with van der Waals surface area (Å²) in [7, 11) is -4.34. The highest BCUT2D eigenvalue weighted by Gasteiger charge is 2.29. The normalized spacial score (nSPS) is 12.9. The summed E-state index contributed by atoms with van der Waals surface area (Å²) in [5.74, 6) is -0.758. The first-order chi connectivity index (χ1) is 12.4. The number of ether oxygens (including phenoxy) is 1. The van der Waals surface area contributed by atoms with E-state index in [1.165, 1.54) is 12.1 Å². The molecule has 0 unspecified atom stereocenters. The minimum atomic E-state index is -4.34. The van der Waals surface area contributed by atoms with Gasteiger partial charge in [-0.05, 0) is 26.8 Å². The van der Waals surface area contributed by atoms with Gasteiger partial charge in [-0.3, -0.25) is 14.9 Å². The van der Waals surface area contributed by atoms with Crippen molar-refractivity contribution in [2.45, 2.75) is 37.3 Å². The Morgan fingerprint density at radius 3 is 2.41 bits per heavy atom. The van der Waals surface area contributed by atoms with Crippen LogP contribution in [-0.2, 0) is 19.6 Å². The standard InChI is InChI=1S/C15H21N4O7S/c1-15(2,3)26-14(21)18-10(12(20)8-16)9-17-27(24,25)13-7-5-4-6-11(13)19(22)23/h4-7,10,16-17H,8-9H2,1-3H3,(H,18,21)/t10-/m0/s1. The maximum atomic E-state index is 12.4. The number of ketones is 1. The predicted molar refractivity (Wildman–Crippen MR) is 94.4 cm³/mol. The number of benzene rings is 1. The summed E-state index contributed by atoms with van der Waals surface area (Å²) in [4.78, 5) is 33.2. The molecule has 0 spiro atoms. The van der Waals surface area contributed by atoms with Crippen molar-refractivity contribution in [2.24, 2.45) is 0 Å². The third-order valence-corrected chi connectivity index (χ3v) is 4.55. The number of amides is 1. The van der Waals surface area contributed by atoms with Crippen LogP contribution in [0.1, 0.15) is 20.8 Å². The van der Waals surface area contributed by atoms with Crippen LogP contribution in [-0.4, -0.2) is 49.9 Å². The fourth-order valence-electron chi connectivity index (χ4n) is 1.92. The van der Waals surface area contributed by atoms with Crippen LogP contribution in [0.4, 0.5) is 10.5 Å². The van der Waals surface area contributed by atoms with Crippen LogP contribution in [0.25, 0.3) is 0 Å². The molecule has 11 nitrogen and oxygen atoms in total. The second-order valence-electron chi connectivity index (χ2n) is 6.42. The molecule has 0 aliphatic carbocycles. The quantitative estimate of drug-likeness (QED) is 0.475. The van der Waals surface area contributed by atoms with E-state index in [2.05, 4.69) is 5.32 Å². The third-order valence-electron chi connectivity index (χ3n) is 3.08. The van der Waals surface area contributed by atoms with Crippen molar-refractivity contribution in [1.29, 1.82) is 0 Å². The molecule has 1 rings (SSSR count). The molecule has 1 atom stereocenters. The van der Waals surface area contributed by atoms with Crippen LogP contribution in [0.3, 0.4) is 0 Å². The molecule has 0 aliphatic rings. The van der Waals surface area contributed by atoms with Crippen LogP contribution in [0.15, 0.2) is 29.2 Å². The lowest BCUT2D eigenvalue weighted by Crippen LogP contribution is -2.50. The molecular formula is C15H21N4O7S. The maximum Gasteiger partial charge on any atom is 0.408 e. The van der Waals surface area contributed by atoms with E-state index in [4.69, 9.17) is 10.5 Å². The zero-order chi connectivity index (χ0) is 20.8.